The Hall–Kier alpha value is -0.200. The van der Waals surface area contributed by atoms with E-state index in [0.717, 1.165) is 37.9 Å². The first-order chi connectivity index (χ1) is 15.9. The van der Waals surface area contributed by atoms with Crippen LogP contribution in [0, 0.1) is 51.8 Å². The van der Waals surface area contributed by atoms with E-state index in [1.807, 2.05) is 0 Å². The third-order valence-corrected chi connectivity index (χ3v) is 12.7. The molecule has 5 saturated carbocycles. The van der Waals surface area contributed by atoms with E-state index in [0.29, 0.717) is 23.2 Å². The Morgan fingerprint density at radius 2 is 1.65 bits per heavy atom. The van der Waals surface area contributed by atoms with Gasteiger partial charge in [0, 0.05) is 18.3 Å². The van der Waals surface area contributed by atoms with Gasteiger partial charge in [-0.25, -0.2) is 0 Å². The van der Waals surface area contributed by atoms with Gasteiger partial charge in [0.25, 0.3) is 0 Å². The van der Waals surface area contributed by atoms with Crippen molar-refractivity contribution in [1.82, 2.24) is 0 Å². The van der Waals surface area contributed by atoms with E-state index in [9.17, 15) is 15.3 Å². The lowest BCUT2D eigenvalue weighted by Gasteiger charge is -2.63. The van der Waals surface area contributed by atoms with Gasteiger partial charge in [0.05, 0.1) is 31.0 Å². The zero-order valence-corrected chi connectivity index (χ0v) is 22.1. The van der Waals surface area contributed by atoms with E-state index < -0.39 is 17.8 Å². The zero-order valence-electron chi connectivity index (χ0n) is 22.1. The summed E-state index contributed by atoms with van der Waals surface area (Å²) in [7, 11) is 0. The minimum absolute atomic E-state index is 0.0154. The van der Waals surface area contributed by atoms with Gasteiger partial charge in [-0.3, -0.25) is 0 Å². The molecule has 11 atom stereocenters. The van der Waals surface area contributed by atoms with E-state index in [-0.39, 0.29) is 29.0 Å². The molecule has 6 rings (SSSR count). The van der Waals surface area contributed by atoms with E-state index in [1.165, 1.54) is 38.5 Å². The van der Waals surface area contributed by atoms with E-state index in [4.69, 9.17) is 9.47 Å². The molecule has 0 bridgehead atoms. The molecular formula is C29H48O5. The lowest BCUT2D eigenvalue weighted by molar-refractivity contribution is -0.294. The number of rotatable bonds is 5. The summed E-state index contributed by atoms with van der Waals surface area (Å²) in [6.07, 6.45) is 8.41. The van der Waals surface area contributed by atoms with Crippen molar-refractivity contribution in [3.63, 3.8) is 0 Å². The van der Waals surface area contributed by atoms with Gasteiger partial charge in [-0.1, -0.05) is 20.8 Å². The van der Waals surface area contributed by atoms with Crippen LogP contribution in [0.1, 0.15) is 92.4 Å². The first-order valence-corrected chi connectivity index (χ1v) is 14.2. The summed E-state index contributed by atoms with van der Waals surface area (Å²) in [5.41, 5.74) is -0.212. The van der Waals surface area contributed by atoms with E-state index in [2.05, 4.69) is 20.8 Å². The van der Waals surface area contributed by atoms with Gasteiger partial charge in [0.15, 0.2) is 5.79 Å². The van der Waals surface area contributed by atoms with Crippen molar-refractivity contribution < 1.29 is 24.8 Å². The Morgan fingerprint density at radius 1 is 0.941 bits per heavy atom. The van der Waals surface area contributed by atoms with Crippen LogP contribution in [0.15, 0.2) is 0 Å². The largest absolute Gasteiger partial charge is 0.390 e. The van der Waals surface area contributed by atoms with Crippen LogP contribution >= 0.6 is 0 Å². The summed E-state index contributed by atoms with van der Waals surface area (Å²) in [5, 5.41) is 32.0. The van der Waals surface area contributed by atoms with Crippen molar-refractivity contribution in [1.29, 1.82) is 0 Å². The van der Waals surface area contributed by atoms with Crippen molar-refractivity contribution in [2.75, 3.05) is 13.2 Å². The monoisotopic (exact) mass is 476 g/mol. The number of hydrogen-bond acceptors (Lipinski definition) is 5. The van der Waals surface area contributed by atoms with Crippen LogP contribution in [-0.4, -0.2) is 52.1 Å². The van der Waals surface area contributed by atoms with Crippen molar-refractivity contribution in [2.24, 2.45) is 51.8 Å². The second kappa shape index (κ2) is 7.43. The number of aliphatic hydroxyl groups is 3. The fraction of sp³-hybridized carbons (Fsp3) is 1.00. The lowest BCUT2D eigenvalue weighted by atomic mass is 9.44. The zero-order chi connectivity index (χ0) is 24.3. The second-order valence-corrected chi connectivity index (χ2v) is 14.5. The molecule has 0 aromatic carbocycles. The summed E-state index contributed by atoms with van der Waals surface area (Å²) in [6, 6.07) is 0. The summed E-state index contributed by atoms with van der Waals surface area (Å²) in [5.74, 6) is 2.88. The summed E-state index contributed by atoms with van der Waals surface area (Å²) in [4.78, 5) is 0. The number of ether oxygens (including phenoxy) is 2. The van der Waals surface area contributed by atoms with Crippen LogP contribution in [0.2, 0.25) is 0 Å². The highest BCUT2D eigenvalue weighted by Crippen LogP contribution is 2.85. The Labute approximate surface area is 206 Å². The maximum absolute atomic E-state index is 11.1. The molecule has 194 valence electrons. The molecule has 2 spiro atoms. The fourth-order valence-corrected chi connectivity index (χ4v) is 11.3. The highest BCUT2D eigenvalue weighted by atomic mass is 16.7. The summed E-state index contributed by atoms with van der Waals surface area (Å²) in [6.45, 7) is 12.1. The average molecular weight is 477 g/mol. The predicted molar refractivity (Wildman–Crippen MR) is 130 cm³/mol. The number of aliphatic hydroxyl groups excluding tert-OH is 2. The first-order valence-electron chi connectivity index (χ1n) is 14.2. The van der Waals surface area contributed by atoms with Crippen LogP contribution in [-0.2, 0) is 9.47 Å². The lowest BCUT2D eigenvalue weighted by Crippen LogP contribution is -2.62. The smallest absolute Gasteiger partial charge is 0.175 e. The normalized spacial score (nSPS) is 51.4. The van der Waals surface area contributed by atoms with Crippen LogP contribution in [0.3, 0.4) is 0 Å². The third kappa shape index (κ3) is 2.97. The molecule has 3 N–H and O–H groups in total. The molecule has 5 aliphatic carbocycles. The van der Waals surface area contributed by atoms with Gasteiger partial charge in [-0.05, 0) is 105 Å². The molecule has 5 heteroatoms. The molecule has 1 saturated heterocycles. The molecule has 6 fully saturated rings. The average Bonchev–Trinajstić information content (AvgIpc) is 3.02. The van der Waals surface area contributed by atoms with Gasteiger partial charge in [0.1, 0.15) is 0 Å². The molecule has 0 radical (unpaired) electrons. The number of fused-ring (bicyclic) bond motifs is 4. The Bertz CT molecular complexity index is 816. The molecule has 6 aliphatic rings. The van der Waals surface area contributed by atoms with Crippen LogP contribution in [0.4, 0.5) is 0 Å². The van der Waals surface area contributed by atoms with Crippen molar-refractivity contribution in [3.05, 3.63) is 0 Å². The maximum atomic E-state index is 11.1. The van der Waals surface area contributed by atoms with Gasteiger partial charge >= 0.3 is 0 Å². The molecule has 0 aromatic heterocycles. The predicted octanol–water partition coefficient (Wildman–Crippen LogP) is 4.52. The van der Waals surface area contributed by atoms with Crippen LogP contribution in [0.25, 0.3) is 0 Å². The molecule has 1 heterocycles. The van der Waals surface area contributed by atoms with Crippen LogP contribution < -0.4 is 0 Å². The summed E-state index contributed by atoms with van der Waals surface area (Å²) >= 11 is 0. The first kappa shape index (κ1) is 24.2. The minimum atomic E-state index is -0.981. The van der Waals surface area contributed by atoms with Gasteiger partial charge in [0.2, 0.25) is 0 Å². The third-order valence-electron chi connectivity index (χ3n) is 12.7. The van der Waals surface area contributed by atoms with Crippen molar-refractivity contribution in [2.45, 2.75) is 116 Å². The van der Waals surface area contributed by atoms with Crippen molar-refractivity contribution >= 4 is 0 Å². The molecule has 5 nitrogen and oxygen atoms in total. The Balaban J connectivity index is 1.27. The maximum Gasteiger partial charge on any atom is 0.175 e. The molecule has 1 aliphatic heterocycles. The van der Waals surface area contributed by atoms with E-state index in [1.54, 1.807) is 13.8 Å². The highest BCUT2D eigenvalue weighted by molar-refractivity contribution is 5.29. The van der Waals surface area contributed by atoms with Crippen molar-refractivity contribution in [3.8, 4) is 0 Å². The molecule has 0 unspecified atom stereocenters. The molecule has 0 amide bonds. The van der Waals surface area contributed by atoms with Gasteiger partial charge in [-0.2, -0.15) is 0 Å². The number of hydrogen-bond donors (Lipinski definition) is 3. The SMILES string of the molecule is C[C@H]([C@@H](O)[C@H](O)CC(C)(C)O)[C@H]1CC[C@H]2[C@@H]3CC4(OCCO4)[C@]45C[C@H]4CC[C@]5(C)[C@H]3CC[C@]12C. The fourth-order valence-electron chi connectivity index (χ4n) is 11.3. The standard InChI is InChI=1S/C29H48O5/c1-17(24(31)23(30)16-25(2,3)32)20-6-7-21-19-15-29(33-12-13-34-29)28-14-18(28)8-11-27(28,5)22(19)9-10-26(20,21)4/h17-24,30-32H,6-16H2,1-5H3/t17-,18+,19-,20+,21-,22-,23+,24+,26+,27+,28+/m0/s1. The summed E-state index contributed by atoms with van der Waals surface area (Å²) < 4.78 is 13.2. The minimum Gasteiger partial charge on any atom is -0.390 e. The van der Waals surface area contributed by atoms with Crippen LogP contribution in [0.5, 0.6) is 0 Å². The topological polar surface area (TPSA) is 79.2 Å². The molecule has 34 heavy (non-hydrogen) atoms. The molecular weight excluding hydrogens is 428 g/mol. The van der Waals surface area contributed by atoms with Gasteiger partial charge < -0.3 is 24.8 Å². The second-order valence-electron chi connectivity index (χ2n) is 14.5. The van der Waals surface area contributed by atoms with E-state index >= 15 is 0 Å². The Morgan fingerprint density at radius 3 is 2.29 bits per heavy atom. The quantitative estimate of drug-likeness (QED) is 0.544. The van der Waals surface area contributed by atoms with Gasteiger partial charge in [-0.15, -0.1) is 0 Å². The highest BCUT2D eigenvalue weighted by Gasteiger charge is 2.83. The Kier molecular flexibility index (Phi) is 5.28. The molecule has 0 aromatic rings.